The third-order valence-electron chi connectivity index (χ3n) is 4.51. The number of thiazole rings is 1. The van der Waals surface area contributed by atoms with Gasteiger partial charge in [0, 0.05) is 12.2 Å². The van der Waals surface area contributed by atoms with Crippen molar-refractivity contribution in [1.82, 2.24) is 4.57 Å². The van der Waals surface area contributed by atoms with Crippen LogP contribution < -0.4 is 14.9 Å². The lowest BCUT2D eigenvalue weighted by Gasteiger charge is -2.19. The highest BCUT2D eigenvalue weighted by atomic mass is 32.1. The summed E-state index contributed by atoms with van der Waals surface area (Å²) in [5.41, 5.74) is 3.72. The maximum Gasteiger partial charge on any atom is 0.308 e. The first kappa shape index (κ1) is 19.2. The Kier molecular flexibility index (Phi) is 5.65. The Morgan fingerprint density at radius 2 is 1.96 bits per heavy atom. The van der Waals surface area contributed by atoms with Crippen LogP contribution in [0.1, 0.15) is 31.4 Å². The third-order valence-corrected chi connectivity index (χ3v) is 5.46. The van der Waals surface area contributed by atoms with E-state index in [1.54, 1.807) is 4.57 Å². The summed E-state index contributed by atoms with van der Waals surface area (Å²) in [6.07, 6.45) is -0.0258. The molecule has 0 radical (unpaired) electrons. The summed E-state index contributed by atoms with van der Waals surface area (Å²) in [5.74, 6) is 0.524. The number of hydrogen-bond acceptors (Lipinski definition) is 4. The van der Waals surface area contributed by atoms with Gasteiger partial charge in [0.05, 0.1) is 10.2 Å². The van der Waals surface area contributed by atoms with Crippen molar-refractivity contribution >= 4 is 33.1 Å². The smallest absolute Gasteiger partial charge is 0.308 e. The first-order chi connectivity index (χ1) is 12.9. The van der Waals surface area contributed by atoms with Gasteiger partial charge in [0.15, 0.2) is 6.10 Å². The highest BCUT2D eigenvalue weighted by Gasteiger charge is 2.20. The predicted octanol–water partition coefficient (Wildman–Crippen LogP) is 4.50. The van der Waals surface area contributed by atoms with Gasteiger partial charge in [0.25, 0.3) is 5.91 Å². The molecule has 1 N–H and O–H groups in total. The molecule has 0 aliphatic heterocycles. The molecule has 2 aromatic carbocycles. The Labute approximate surface area is 162 Å². The summed E-state index contributed by atoms with van der Waals surface area (Å²) in [5, 5.41) is 2.91. The van der Waals surface area contributed by atoms with Crippen molar-refractivity contribution in [3.63, 3.8) is 0 Å². The number of anilines is 1. The second-order valence-corrected chi connectivity index (χ2v) is 7.56. The molecule has 1 amide bonds. The maximum atomic E-state index is 12.7. The van der Waals surface area contributed by atoms with E-state index >= 15 is 0 Å². The number of aromatic nitrogens is 1. The normalized spacial score (nSPS) is 12.1. The van der Waals surface area contributed by atoms with Crippen molar-refractivity contribution < 1.29 is 9.53 Å². The van der Waals surface area contributed by atoms with Gasteiger partial charge in [-0.05, 0) is 57.0 Å². The second kappa shape index (κ2) is 7.96. The molecule has 1 aromatic heterocycles. The van der Waals surface area contributed by atoms with Gasteiger partial charge in [-0.25, -0.2) is 0 Å². The van der Waals surface area contributed by atoms with Crippen LogP contribution in [-0.4, -0.2) is 16.6 Å². The first-order valence-electron chi connectivity index (χ1n) is 9.11. The van der Waals surface area contributed by atoms with Gasteiger partial charge in [-0.2, -0.15) is 0 Å². The lowest BCUT2D eigenvalue weighted by Crippen LogP contribution is -2.32. The topological polar surface area (TPSA) is 60.3 Å². The van der Waals surface area contributed by atoms with Crippen molar-refractivity contribution in [1.29, 1.82) is 0 Å². The molecule has 3 rings (SSSR count). The lowest BCUT2D eigenvalue weighted by molar-refractivity contribution is -0.122. The average molecular weight is 385 g/mol. The monoisotopic (exact) mass is 384 g/mol. The zero-order valence-corrected chi connectivity index (χ0v) is 16.9. The number of carbonyl (C=O) groups excluding carboxylic acids is 1. The molecule has 5 nitrogen and oxygen atoms in total. The van der Waals surface area contributed by atoms with Gasteiger partial charge in [-0.15, -0.1) is 0 Å². The second-order valence-electron chi connectivity index (χ2n) is 6.57. The summed E-state index contributed by atoms with van der Waals surface area (Å²) < 4.78 is 8.54. The Morgan fingerprint density at radius 3 is 2.63 bits per heavy atom. The molecule has 142 valence electrons. The molecule has 0 bridgehead atoms. The molecule has 0 saturated heterocycles. The summed E-state index contributed by atoms with van der Waals surface area (Å²) >= 11 is 1.19. The largest absolute Gasteiger partial charge is 0.480 e. The molecule has 6 heteroatoms. The molecule has 0 fully saturated rings. The number of fused-ring (bicyclic) bond motifs is 1. The highest BCUT2D eigenvalue weighted by Crippen LogP contribution is 2.24. The number of amides is 1. The zero-order valence-electron chi connectivity index (χ0n) is 16.0. The zero-order chi connectivity index (χ0) is 19.6. The minimum absolute atomic E-state index is 0.0144. The Balaban J connectivity index is 1.78. The number of benzene rings is 2. The fraction of sp³-hybridized carbons (Fsp3) is 0.333. The molecule has 0 aliphatic rings. The number of nitrogens with zero attached hydrogens (tertiary/aromatic N) is 1. The summed E-state index contributed by atoms with van der Waals surface area (Å²) in [6, 6.07) is 11.4. The van der Waals surface area contributed by atoms with Crippen molar-refractivity contribution in [2.24, 2.45) is 0 Å². The molecule has 3 aromatic rings. The van der Waals surface area contributed by atoms with E-state index in [-0.39, 0.29) is 10.8 Å². The van der Waals surface area contributed by atoms with E-state index < -0.39 is 6.10 Å². The van der Waals surface area contributed by atoms with Crippen molar-refractivity contribution in [2.75, 3.05) is 5.32 Å². The molecule has 27 heavy (non-hydrogen) atoms. The van der Waals surface area contributed by atoms with Gasteiger partial charge >= 0.3 is 4.87 Å². The maximum absolute atomic E-state index is 12.7. The van der Waals surface area contributed by atoms with Crippen LogP contribution in [0.3, 0.4) is 0 Å². The number of nitrogens with one attached hydrogen (secondary N) is 1. The SMILES string of the molecule is CC[C@@H](Oc1ccc(C)cc1C)C(=O)Nc1ccc2c(c1)sc(=O)n2CC. The molecule has 0 saturated carbocycles. The van der Waals surface area contributed by atoms with Gasteiger partial charge in [-0.3, -0.25) is 14.2 Å². The van der Waals surface area contributed by atoms with Crippen LogP contribution in [0, 0.1) is 13.8 Å². The van der Waals surface area contributed by atoms with E-state index in [4.69, 9.17) is 4.74 Å². The van der Waals surface area contributed by atoms with Crippen molar-refractivity contribution in [2.45, 2.75) is 46.8 Å². The van der Waals surface area contributed by atoms with E-state index in [1.807, 2.05) is 64.1 Å². The molecule has 1 atom stereocenters. The van der Waals surface area contributed by atoms with Crippen molar-refractivity contribution in [3.05, 3.63) is 57.2 Å². The van der Waals surface area contributed by atoms with E-state index in [9.17, 15) is 9.59 Å². The van der Waals surface area contributed by atoms with Gasteiger partial charge in [0.2, 0.25) is 0 Å². The third kappa shape index (κ3) is 4.06. The van der Waals surface area contributed by atoms with Gasteiger partial charge < -0.3 is 10.1 Å². The highest BCUT2D eigenvalue weighted by molar-refractivity contribution is 7.16. The quantitative estimate of drug-likeness (QED) is 0.681. The van der Waals surface area contributed by atoms with E-state index in [2.05, 4.69) is 5.32 Å². The Bertz CT molecular complexity index is 1040. The van der Waals surface area contributed by atoms with E-state index in [1.165, 1.54) is 11.3 Å². The Morgan fingerprint density at radius 1 is 1.19 bits per heavy atom. The van der Waals surface area contributed by atoms with Crippen LogP contribution in [0.4, 0.5) is 5.69 Å². The number of carbonyl (C=O) groups is 1. The number of aryl methyl sites for hydroxylation is 3. The molecular weight excluding hydrogens is 360 g/mol. The van der Waals surface area contributed by atoms with Crippen LogP contribution in [0.5, 0.6) is 5.75 Å². The van der Waals surface area contributed by atoms with Crippen LogP contribution in [0.2, 0.25) is 0 Å². The van der Waals surface area contributed by atoms with E-state index in [0.29, 0.717) is 18.7 Å². The standard InChI is InChI=1S/C21H24N2O3S/c1-5-17(26-18-10-7-13(3)11-14(18)4)20(24)22-15-8-9-16-19(12-15)27-21(25)23(16)6-2/h7-12,17H,5-6H2,1-4H3,(H,22,24)/t17-/m1/s1. The fourth-order valence-corrected chi connectivity index (χ4v) is 4.07. The molecule has 0 spiro atoms. The first-order valence-corrected chi connectivity index (χ1v) is 9.92. The molecule has 1 heterocycles. The number of rotatable bonds is 6. The molecule has 0 aliphatic carbocycles. The molecule has 0 unspecified atom stereocenters. The number of ether oxygens (including phenoxy) is 1. The predicted molar refractivity (Wildman–Crippen MR) is 111 cm³/mol. The van der Waals surface area contributed by atoms with Crippen LogP contribution >= 0.6 is 11.3 Å². The van der Waals surface area contributed by atoms with Gasteiger partial charge in [-0.1, -0.05) is 36.0 Å². The summed E-state index contributed by atoms with van der Waals surface area (Å²) in [6.45, 7) is 8.49. The lowest BCUT2D eigenvalue weighted by atomic mass is 10.1. The minimum Gasteiger partial charge on any atom is -0.480 e. The van der Waals surface area contributed by atoms with Crippen molar-refractivity contribution in [3.8, 4) is 5.75 Å². The van der Waals surface area contributed by atoms with Crippen LogP contribution in [0.15, 0.2) is 41.2 Å². The Hall–Kier alpha value is -2.60. The van der Waals surface area contributed by atoms with Crippen LogP contribution in [-0.2, 0) is 11.3 Å². The minimum atomic E-state index is -0.582. The summed E-state index contributed by atoms with van der Waals surface area (Å²) in [7, 11) is 0. The number of hydrogen-bond donors (Lipinski definition) is 1. The van der Waals surface area contributed by atoms with Crippen LogP contribution in [0.25, 0.3) is 10.2 Å². The molecular formula is C21H24N2O3S. The van der Waals surface area contributed by atoms with E-state index in [0.717, 1.165) is 27.1 Å². The summed E-state index contributed by atoms with van der Waals surface area (Å²) in [4.78, 5) is 24.7. The fourth-order valence-electron chi connectivity index (χ4n) is 3.07. The average Bonchev–Trinajstić information content (AvgIpc) is 2.95. The van der Waals surface area contributed by atoms with Gasteiger partial charge in [0.1, 0.15) is 5.75 Å².